The van der Waals surface area contributed by atoms with Gasteiger partial charge in [-0.05, 0) is 85.4 Å². The van der Waals surface area contributed by atoms with Gasteiger partial charge in [-0.3, -0.25) is 14.7 Å². The maximum absolute atomic E-state index is 14.2. The number of amides is 2. The number of hydroxylamine groups is 1. The summed E-state index contributed by atoms with van der Waals surface area (Å²) in [4.78, 5) is 27.5. The molecule has 0 bridgehead atoms. The zero-order valence-corrected chi connectivity index (χ0v) is 25.3. The second kappa shape index (κ2) is 10.2. The van der Waals surface area contributed by atoms with E-state index in [1.165, 1.54) is 29.3 Å². The maximum atomic E-state index is 14.2. The molecule has 1 fully saturated rings. The Morgan fingerprint density at radius 1 is 1.17 bits per heavy atom. The van der Waals surface area contributed by atoms with E-state index >= 15 is 0 Å². The first-order valence-corrected chi connectivity index (χ1v) is 16.7. The Morgan fingerprint density at radius 3 is 2.49 bits per heavy atom. The molecule has 8 nitrogen and oxygen atoms in total. The molecule has 1 aliphatic carbocycles. The Bertz CT molecular complexity index is 1450. The molecule has 2 heterocycles. The van der Waals surface area contributed by atoms with Gasteiger partial charge in [-0.25, -0.2) is 0 Å². The van der Waals surface area contributed by atoms with E-state index < -0.39 is 25.2 Å². The van der Waals surface area contributed by atoms with Crippen LogP contribution in [0, 0.1) is 0 Å². The maximum Gasteiger partial charge on any atom is 0.487 e. The van der Waals surface area contributed by atoms with Gasteiger partial charge in [0.1, 0.15) is 5.75 Å². The summed E-state index contributed by atoms with van der Waals surface area (Å²) >= 11 is 4.82. The van der Waals surface area contributed by atoms with Crippen molar-refractivity contribution in [3.05, 3.63) is 71.5 Å². The van der Waals surface area contributed by atoms with Crippen LogP contribution < -0.4 is 15.1 Å². The van der Waals surface area contributed by atoms with Gasteiger partial charge in [0.25, 0.3) is 11.8 Å². The average molecular weight is 603 g/mol. The average Bonchev–Trinajstić information content (AvgIpc) is 3.61. The lowest BCUT2D eigenvalue weighted by Gasteiger charge is -2.39. The van der Waals surface area contributed by atoms with Crippen molar-refractivity contribution in [1.29, 1.82) is 0 Å². The number of rotatable bonds is 7. The highest BCUT2D eigenvalue weighted by Gasteiger charge is 2.57. The highest BCUT2D eigenvalue weighted by molar-refractivity contribution is 6.74. The van der Waals surface area contributed by atoms with E-state index in [4.69, 9.17) is 16.1 Å². The van der Waals surface area contributed by atoms with Crippen LogP contribution >= 0.6 is 11.6 Å². The van der Waals surface area contributed by atoms with Gasteiger partial charge in [-0.2, -0.15) is 10.2 Å². The zero-order chi connectivity index (χ0) is 29.8. The van der Waals surface area contributed by atoms with Gasteiger partial charge in [0.2, 0.25) is 8.32 Å². The van der Waals surface area contributed by atoms with Gasteiger partial charge in [0.15, 0.2) is 0 Å². The van der Waals surface area contributed by atoms with Gasteiger partial charge < -0.3 is 14.6 Å². The van der Waals surface area contributed by atoms with Crippen LogP contribution in [0.2, 0.25) is 18.1 Å². The van der Waals surface area contributed by atoms with Gasteiger partial charge in [0.05, 0.1) is 11.1 Å². The quantitative estimate of drug-likeness (QED) is 0.218. The highest BCUT2D eigenvalue weighted by Crippen LogP contribution is 2.56. The van der Waals surface area contributed by atoms with Crippen LogP contribution in [0.15, 0.2) is 54.7 Å². The Morgan fingerprint density at radius 2 is 1.88 bits per heavy atom. The first-order chi connectivity index (χ1) is 19.1. The van der Waals surface area contributed by atoms with Gasteiger partial charge >= 0.3 is 5.57 Å². The summed E-state index contributed by atoms with van der Waals surface area (Å²) in [5.41, 5.74) is -1.46. The summed E-state index contributed by atoms with van der Waals surface area (Å²) in [6, 6.07) is 12.6. The third kappa shape index (κ3) is 5.62. The number of benzene rings is 2. The molecule has 218 valence electrons. The molecular weight excluding hydrogens is 570 g/mol. The lowest BCUT2D eigenvalue weighted by molar-refractivity contribution is -0.127. The Labute approximate surface area is 243 Å². The summed E-state index contributed by atoms with van der Waals surface area (Å²) in [6.07, 6.45) is 3.80. The monoisotopic (exact) mass is 602 g/mol. The predicted octanol–water partition coefficient (Wildman–Crippen LogP) is 7.32. The summed E-state index contributed by atoms with van der Waals surface area (Å²) in [7, 11) is -2.43. The smallest absolute Gasteiger partial charge is 0.420 e. The van der Waals surface area contributed by atoms with Gasteiger partial charge in [0, 0.05) is 40.7 Å². The lowest BCUT2D eigenvalue weighted by atomic mass is 9.79. The molecule has 2 N–H and O–H groups in total. The normalized spacial score (nSPS) is 20.9. The van der Waals surface area contributed by atoms with Crippen LogP contribution in [0.3, 0.4) is 0 Å². The predicted molar refractivity (Wildman–Crippen MR) is 155 cm³/mol. The molecule has 2 aliphatic rings. The van der Waals surface area contributed by atoms with E-state index in [0.717, 1.165) is 17.7 Å². The van der Waals surface area contributed by atoms with E-state index in [9.17, 15) is 18.4 Å². The number of alkyl halides is 3. The van der Waals surface area contributed by atoms with Crippen molar-refractivity contribution < 1.29 is 27.6 Å². The topological polar surface area (TPSA) is 96.5 Å². The molecule has 0 saturated heterocycles. The van der Waals surface area contributed by atoms with Gasteiger partial charge in [-0.1, -0.05) is 26.8 Å². The molecule has 1 aliphatic heterocycles. The molecule has 1 spiro atoms. The SMILES string of the molecule is CC(C)(C)[Si](C)(C)ON1C(=O)C2(CCC(c3ccn[nH]3)C2)c2ccc(C(=O)Nc3ccc(OC(F)(F)Cl)cc3)cc21. The number of hydrogen-bond acceptors (Lipinski definition) is 5. The number of carbonyl (C=O) groups is 2. The first-order valence-electron chi connectivity index (χ1n) is 13.4. The molecule has 3 aromatic rings. The Kier molecular flexibility index (Phi) is 7.28. The Hall–Kier alpha value is -3.28. The second-order valence-electron chi connectivity index (χ2n) is 12.2. The van der Waals surface area contributed by atoms with Crippen molar-refractivity contribution in [1.82, 2.24) is 10.2 Å². The number of halogens is 3. The number of anilines is 2. The minimum Gasteiger partial charge on any atom is -0.420 e. The molecule has 1 saturated carbocycles. The number of ether oxygens (including phenoxy) is 1. The van der Waals surface area contributed by atoms with Crippen LogP contribution in [0.25, 0.3) is 0 Å². The molecule has 41 heavy (non-hydrogen) atoms. The van der Waals surface area contributed by atoms with Crippen LogP contribution in [-0.2, 0) is 14.7 Å². The van der Waals surface area contributed by atoms with Crippen LogP contribution in [0.4, 0.5) is 20.2 Å². The van der Waals surface area contributed by atoms with Gasteiger partial charge in [-0.15, -0.1) is 8.78 Å². The van der Waals surface area contributed by atoms with E-state index in [0.29, 0.717) is 29.8 Å². The molecule has 0 radical (unpaired) electrons. The number of aromatic nitrogens is 2. The fraction of sp³-hybridized carbons (Fsp3) is 0.414. The Balaban J connectivity index is 1.46. The number of nitrogens with zero attached hydrogens (tertiary/aromatic N) is 2. The molecular formula is C29H33ClF2N4O4Si. The molecule has 1 aromatic heterocycles. The summed E-state index contributed by atoms with van der Waals surface area (Å²) in [5.74, 6) is -0.529. The van der Waals surface area contributed by atoms with E-state index in [1.807, 2.05) is 12.1 Å². The largest absolute Gasteiger partial charge is 0.487 e. The lowest BCUT2D eigenvalue weighted by Crippen LogP contribution is -2.50. The van der Waals surface area contributed by atoms with Crippen molar-refractivity contribution in [2.75, 3.05) is 10.4 Å². The molecule has 2 amide bonds. The van der Waals surface area contributed by atoms with E-state index in [-0.39, 0.29) is 22.6 Å². The molecule has 2 atom stereocenters. The second-order valence-corrected chi connectivity index (χ2v) is 17.4. The van der Waals surface area contributed by atoms with Crippen molar-refractivity contribution in [2.45, 2.75) is 75.1 Å². The minimum absolute atomic E-state index is 0.108. The standard InChI is InChI=1S/C29H33ClF2N4O4Si/c1-27(2,3)41(4,5)40-36-24-16-18(25(37)34-20-7-9-21(10-8-20)39-29(30,31)32)6-11-22(24)28(26(36)38)14-12-19(17-28)23-13-15-33-35-23/h6-11,13,15-16,19H,12,14,17H2,1-5H3,(H,33,35)(H,34,37). The summed E-state index contributed by atoms with van der Waals surface area (Å²) < 4.78 is 36.8. The fourth-order valence-electron chi connectivity index (χ4n) is 5.31. The number of aromatic amines is 1. The van der Waals surface area contributed by atoms with Crippen LogP contribution in [0.1, 0.15) is 67.6 Å². The summed E-state index contributed by atoms with van der Waals surface area (Å²) in [5, 5.41) is 11.2. The molecule has 12 heteroatoms. The third-order valence-corrected chi connectivity index (χ3v) is 12.9. The third-order valence-electron chi connectivity index (χ3n) is 8.54. The number of H-pyrrole nitrogens is 1. The van der Waals surface area contributed by atoms with Crippen molar-refractivity contribution in [3.8, 4) is 5.75 Å². The van der Waals surface area contributed by atoms with Crippen LogP contribution in [-0.4, -0.2) is 35.9 Å². The number of nitrogens with one attached hydrogen (secondary N) is 2. The molecule has 2 unspecified atom stereocenters. The minimum atomic E-state index is -3.83. The van der Waals surface area contributed by atoms with Crippen molar-refractivity contribution >= 4 is 43.1 Å². The van der Waals surface area contributed by atoms with E-state index in [2.05, 4.69) is 54.1 Å². The van der Waals surface area contributed by atoms with E-state index in [1.54, 1.807) is 18.3 Å². The summed E-state index contributed by atoms with van der Waals surface area (Å²) in [6.45, 7) is 10.5. The molecule has 2 aromatic carbocycles. The zero-order valence-electron chi connectivity index (χ0n) is 23.6. The highest BCUT2D eigenvalue weighted by atomic mass is 35.5. The van der Waals surface area contributed by atoms with Crippen LogP contribution in [0.5, 0.6) is 5.75 Å². The number of carbonyl (C=O) groups excluding carboxylic acids is 2. The number of hydrogen-bond donors (Lipinski definition) is 2. The fourth-order valence-corrected chi connectivity index (χ4v) is 6.31. The van der Waals surface area contributed by atoms with Crippen molar-refractivity contribution in [3.63, 3.8) is 0 Å². The number of fused-ring (bicyclic) bond motifs is 2. The van der Waals surface area contributed by atoms with Crippen molar-refractivity contribution in [2.24, 2.45) is 0 Å². The molecule has 5 rings (SSSR count). The first kappa shape index (κ1) is 29.2.